The van der Waals surface area contributed by atoms with Gasteiger partial charge in [0.25, 0.3) is 0 Å². The zero-order valence-electron chi connectivity index (χ0n) is 13.3. The van der Waals surface area contributed by atoms with Gasteiger partial charge in [-0.1, -0.05) is 48.2 Å². The van der Waals surface area contributed by atoms with Crippen molar-refractivity contribution in [1.82, 2.24) is 4.31 Å². The van der Waals surface area contributed by atoms with Crippen molar-refractivity contribution in [2.45, 2.75) is 22.8 Å². The molecule has 0 amide bonds. The predicted molar refractivity (Wildman–Crippen MR) is 96.2 cm³/mol. The van der Waals surface area contributed by atoms with Crippen molar-refractivity contribution in [3.63, 3.8) is 0 Å². The topological polar surface area (TPSA) is 57.6 Å². The second-order valence-corrected chi connectivity index (χ2v) is 8.64. The first kappa shape index (κ1) is 17.2. The summed E-state index contributed by atoms with van der Waals surface area (Å²) in [7, 11) is -3.64. The number of sulfonamides is 1. The number of rotatable bonds is 5. The van der Waals surface area contributed by atoms with Crippen LogP contribution in [0.15, 0.2) is 80.9 Å². The van der Waals surface area contributed by atoms with Crippen molar-refractivity contribution in [1.29, 1.82) is 0 Å². The lowest BCUT2D eigenvalue weighted by atomic mass is 10.2. The summed E-state index contributed by atoms with van der Waals surface area (Å²) in [6.45, 7) is 1.96. The molecule has 2 aromatic carbocycles. The van der Waals surface area contributed by atoms with E-state index in [4.69, 9.17) is 0 Å². The first-order valence-electron chi connectivity index (χ1n) is 7.64. The summed E-state index contributed by atoms with van der Waals surface area (Å²) < 4.78 is 27.2. The lowest BCUT2D eigenvalue weighted by Crippen LogP contribution is -2.39. The lowest BCUT2D eigenvalue weighted by molar-refractivity contribution is 0.224. The summed E-state index contributed by atoms with van der Waals surface area (Å²) in [5.41, 5.74) is 0.908. The van der Waals surface area contributed by atoms with Crippen LogP contribution in [0.5, 0.6) is 0 Å². The largest absolute Gasteiger partial charge is 0.394 e. The predicted octanol–water partition coefficient (Wildman–Crippen LogP) is 3.12. The average molecular weight is 361 g/mol. The molecule has 126 valence electrons. The Labute approximate surface area is 146 Å². The van der Waals surface area contributed by atoms with Gasteiger partial charge >= 0.3 is 0 Å². The second-order valence-electron chi connectivity index (χ2n) is 5.58. The highest BCUT2D eigenvalue weighted by molar-refractivity contribution is 8.03. The fourth-order valence-corrected chi connectivity index (χ4v) is 5.52. The Bertz CT molecular complexity index is 833. The summed E-state index contributed by atoms with van der Waals surface area (Å²) in [5, 5.41) is 9.75. The van der Waals surface area contributed by atoms with Gasteiger partial charge in [-0.05, 0) is 36.8 Å². The van der Waals surface area contributed by atoms with Crippen LogP contribution >= 0.6 is 11.8 Å². The van der Waals surface area contributed by atoms with Crippen LogP contribution in [0.3, 0.4) is 0 Å². The molecule has 1 atom stereocenters. The normalized spacial score (nSPS) is 19.0. The summed E-state index contributed by atoms with van der Waals surface area (Å²) in [4.78, 5) is 2.28. The Hall–Kier alpha value is -1.60. The molecule has 0 radical (unpaired) electrons. The molecule has 2 aromatic rings. The van der Waals surface area contributed by atoms with Crippen LogP contribution in [0, 0.1) is 0 Å². The van der Waals surface area contributed by atoms with E-state index in [2.05, 4.69) is 0 Å². The number of aliphatic hydroxyl groups excluding tert-OH is 1. The number of hydrogen-bond donors (Lipinski definition) is 1. The van der Waals surface area contributed by atoms with Crippen molar-refractivity contribution in [2.24, 2.45) is 0 Å². The highest BCUT2D eigenvalue weighted by Gasteiger charge is 2.38. The third kappa shape index (κ3) is 3.28. The monoisotopic (exact) mass is 361 g/mol. The van der Waals surface area contributed by atoms with Crippen LogP contribution in [-0.2, 0) is 10.0 Å². The van der Waals surface area contributed by atoms with Crippen molar-refractivity contribution >= 4 is 21.8 Å². The SMILES string of the molecule is CC1=C(Sc2ccccc2)CN(S(=O)(=O)c2ccccc2)[C@H]1CO. The first-order valence-corrected chi connectivity index (χ1v) is 9.90. The molecule has 3 rings (SSSR count). The Balaban J connectivity index is 1.90. The van der Waals surface area contributed by atoms with E-state index in [1.807, 2.05) is 37.3 Å². The molecule has 0 aromatic heterocycles. The zero-order valence-corrected chi connectivity index (χ0v) is 14.9. The minimum atomic E-state index is -3.64. The molecule has 0 fully saturated rings. The van der Waals surface area contributed by atoms with Crippen LogP contribution in [0.25, 0.3) is 0 Å². The van der Waals surface area contributed by atoms with Gasteiger partial charge in [0.1, 0.15) is 0 Å². The Morgan fingerprint density at radius 3 is 2.25 bits per heavy atom. The van der Waals surface area contributed by atoms with Crippen molar-refractivity contribution in [3.05, 3.63) is 71.1 Å². The molecule has 0 saturated heterocycles. The Morgan fingerprint density at radius 2 is 1.67 bits per heavy atom. The summed E-state index contributed by atoms with van der Waals surface area (Å²) in [6.07, 6.45) is 0. The van der Waals surface area contributed by atoms with Crippen LogP contribution < -0.4 is 0 Å². The minimum Gasteiger partial charge on any atom is -0.394 e. The molecule has 0 unspecified atom stereocenters. The fraction of sp³-hybridized carbons (Fsp3) is 0.222. The Morgan fingerprint density at radius 1 is 1.08 bits per heavy atom. The quantitative estimate of drug-likeness (QED) is 0.889. The fourth-order valence-electron chi connectivity index (χ4n) is 2.73. The maximum atomic E-state index is 12.9. The highest BCUT2D eigenvalue weighted by atomic mass is 32.2. The summed E-state index contributed by atoms with van der Waals surface area (Å²) in [6, 6.07) is 17.7. The number of aliphatic hydroxyl groups is 1. The van der Waals surface area contributed by atoms with Gasteiger partial charge in [0, 0.05) is 16.3 Å². The lowest BCUT2D eigenvalue weighted by Gasteiger charge is -2.23. The van der Waals surface area contributed by atoms with Crippen LogP contribution in [0.4, 0.5) is 0 Å². The maximum absolute atomic E-state index is 12.9. The van der Waals surface area contributed by atoms with E-state index in [1.165, 1.54) is 4.31 Å². The molecule has 1 heterocycles. The van der Waals surface area contributed by atoms with Gasteiger partial charge in [0.2, 0.25) is 10.0 Å². The van der Waals surface area contributed by atoms with E-state index in [1.54, 1.807) is 42.1 Å². The van der Waals surface area contributed by atoms with E-state index >= 15 is 0 Å². The summed E-state index contributed by atoms with van der Waals surface area (Å²) in [5.74, 6) is 0. The molecule has 6 heteroatoms. The van der Waals surface area contributed by atoms with Gasteiger partial charge in [0.05, 0.1) is 17.5 Å². The van der Waals surface area contributed by atoms with E-state index < -0.39 is 16.1 Å². The van der Waals surface area contributed by atoms with Gasteiger partial charge in [-0.2, -0.15) is 4.31 Å². The highest BCUT2D eigenvalue weighted by Crippen LogP contribution is 2.38. The molecule has 0 saturated carbocycles. The first-order chi connectivity index (χ1) is 11.5. The van der Waals surface area contributed by atoms with Crippen molar-refractivity contribution < 1.29 is 13.5 Å². The summed E-state index contributed by atoms with van der Waals surface area (Å²) >= 11 is 1.56. The molecule has 0 aliphatic carbocycles. The molecular formula is C18H19NO3S2. The van der Waals surface area contributed by atoms with Gasteiger partial charge in [-0.25, -0.2) is 8.42 Å². The zero-order chi connectivity index (χ0) is 17.2. The van der Waals surface area contributed by atoms with Crippen LogP contribution in [0.1, 0.15) is 6.92 Å². The molecular weight excluding hydrogens is 342 g/mol. The van der Waals surface area contributed by atoms with E-state index in [9.17, 15) is 13.5 Å². The molecule has 24 heavy (non-hydrogen) atoms. The number of thioether (sulfide) groups is 1. The van der Waals surface area contributed by atoms with Crippen molar-refractivity contribution in [3.8, 4) is 0 Å². The molecule has 0 spiro atoms. The van der Waals surface area contributed by atoms with Crippen LogP contribution in [0.2, 0.25) is 0 Å². The average Bonchev–Trinajstić information content (AvgIpc) is 2.93. The van der Waals surface area contributed by atoms with E-state index in [-0.39, 0.29) is 18.0 Å². The molecule has 1 N–H and O–H groups in total. The second kappa shape index (κ2) is 7.11. The molecule has 1 aliphatic heterocycles. The van der Waals surface area contributed by atoms with Gasteiger partial charge in [-0.3, -0.25) is 0 Å². The number of benzene rings is 2. The van der Waals surface area contributed by atoms with Crippen molar-refractivity contribution in [2.75, 3.05) is 13.2 Å². The molecule has 1 aliphatic rings. The van der Waals surface area contributed by atoms with Crippen LogP contribution in [-0.4, -0.2) is 37.0 Å². The molecule has 4 nitrogen and oxygen atoms in total. The van der Waals surface area contributed by atoms with E-state index in [0.29, 0.717) is 0 Å². The minimum absolute atomic E-state index is 0.225. The number of nitrogens with zero attached hydrogens (tertiary/aromatic N) is 1. The smallest absolute Gasteiger partial charge is 0.244 e. The Kier molecular flexibility index (Phi) is 5.10. The van der Waals surface area contributed by atoms with E-state index in [0.717, 1.165) is 15.4 Å². The number of hydrogen-bond acceptors (Lipinski definition) is 4. The maximum Gasteiger partial charge on any atom is 0.244 e. The van der Waals surface area contributed by atoms with Gasteiger partial charge in [0.15, 0.2) is 0 Å². The molecule has 0 bridgehead atoms. The standard InChI is InChI=1S/C18H19NO3S2/c1-14-17(13-20)19(24(21,22)16-10-6-3-7-11-16)12-18(14)23-15-8-4-2-5-9-15/h2-11,17,20H,12-13H2,1H3/t17-/m0/s1. The van der Waals surface area contributed by atoms with Gasteiger partial charge in [-0.15, -0.1) is 0 Å². The third-order valence-electron chi connectivity index (χ3n) is 4.09. The third-order valence-corrected chi connectivity index (χ3v) is 7.17. The van der Waals surface area contributed by atoms with Gasteiger partial charge < -0.3 is 5.11 Å².